The summed E-state index contributed by atoms with van der Waals surface area (Å²) in [7, 11) is 0. The summed E-state index contributed by atoms with van der Waals surface area (Å²) in [6.07, 6.45) is 5.82. The number of carboxylic acid groups (broad SMARTS) is 1. The Kier molecular flexibility index (Phi) is 2.43. The molecule has 0 aromatic carbocycles. The summed E-state index contributed by atoms with van der Waals surface area (Å²) < 4.78 is 7.29. The quantitative estimate of drug-likeness (QED) is 0.872. The minimum absolute atomic E-state index is 0.128. The summed E-state index contributed by atoms with van der Waals surface area (Å²) >= 11 is 0. The van der Waals surface area contributed by atoms with Gasteiger partial charge in [-0.2, -0.15) is 5.10 Å². The summed E-state index contributed by atoms with van der Waals surface area (Å²) in [4.78, 5) is 17.8. The minimum Gasteiger partial charge on any atom is -0.477 e. The SMILES string of the molecule is O=C(O)c1cnn2ccc(N3CC4CC[C@H](C3)O4)nc12. The van der Waals surface area contributed by atoms with Crippen LogP contribution in [-0.2, 0) is 4.74 Å². The topological polar surface area (TPSA) is 80.0 Å². The molecule has 0 aliphatic carbocycles. The number of aromatic carboxylic acids is 1. The van der Waals surface area contributed by atoms with Gasteiger partial charge in [0.05, 0.1) is 18.4 Å². The van der Waals surface area contributed by atoms with Crippen molar-refractivity contribution in [2.24, 2.45) is 0 Å². The van der Waals surface area contributed by atoms with Crippen LogP contribution in [0.5, 0.6) is 0 Å². The molecule has 2 aromatic rings. The molecule has 1 unspecified atom stereocenters. The molecule has 2 aliphatic rings. The summed E-state index contributed by atoms with van der Waals surface area (Å²) in [5.74, 6) is -0.215. The summed E-state index contributed by atoms with van der Waals surface area (Å²) in [6, 6.07) is 1.87. The first-order valence-electron chi connectivity index (χ1n) is 6.69. The lowest BCUT2D eigenvalue weighted by atomic mass is 10.2. The third-order valence-corrected chi connectivity index (χ3v) is 3.95. The highest BCUT2D eigenvalue weighted by Gasteiger charge is 2.34. The molecule has 4 rings (SSSR count). The van der Waals surface area contributed by atoms with Crippen molar-refractivity contribution in [1.82, 2.24) is 14.6 Å². The number of fused-ring (bicyclic) bond motifs is 3. The number of morpholine rings is 1. The van der Waals surface area contributed by atoms with Crippen molar-refractivity contribution in [2.75, 3.05) is 18.0 Å². The van der Waals surface area contributed by atoms with Crippen molar-refractivity contribution >= 4 is 17.4 Å². The lowest BCUT2D eigenvalue weighted by molar-refractivity contribution is 0.0302. The van der Waals surface area contributed by atoms with Gasteiger partial charge in [-0.25, -0.2) is 14.3 Å². The molecule has 7 nitrogen and oxygen atoms in total. The van der Waals surface area contributed by atoms with Crippen LogP contribution in [0.15, 0.2) is 18.5 Å². The van der Waals surface area contributed by atoms with Gasteiger partial charge in [0.15, 0.2) is 5.65 Å². The predicted molar refractivity (Wildman–Crippen MR) is 70.1 cm³/mol. The highest BCUT2D eigenvalue weighted by Crippen LogP contribution is 2.29. The number of nitrogens with zero attached hydrogens (tertiary/aromatic N) is 4. The van der Waals surface area contributed by atoms with Crippen LogP contribution in [0, 0.1) is 0 Å². The molecule has 0 amide bonds. The average molecular weight is 274 g/mol. The Labute approximate surface area is 114 Å². The van der Waals surface area contributed by atoms with E-state index < -0.39 is 5.97 Å². The lowest BCUT2D eigenvalue weighted by Crippen LogP contribution is -2.43. The zero-order chi connectivity index (χ0) is 13.7. The number of ether oxygens (including phenoxy) is 1. The van der Waals surface area contributed by atoms with E-state index in [4.69, 9.17) is 9.84 Å². The Balaban J connectivity index is 1.73. The van der Waals surface area contributed by atoms with Gasteiger partial charge in [0.2, 0.25) is 0 Å². The van der Waals surface area contributed by atoms with E-state index in [9.17, 15) is 4.79 Å². The Bertz CT molecular complexity index is 671. The minimum atomic E-state index is -1.01. The van der Waals surface area contributed by atoms with E-state index in [2.05, 4.69) is 15.0 Å². The van der Waals surface area contributed by atoms with Crippen LogP contribution in [0.25, 0.3) is 5.65 Å². The lowest BCUT2D eigenvalue weighted by Gasteiger charge is -2.32. The smallest absolute Gasteiger partial charge is 0.341 e. The van der Waals surface area contributed by atoms with E-state index in [1.165, 1.54) is 10.7 Å². The maximum atomic E-state index is 11.2. The Morgan fingerprint density at radius 3 is 2.80 bits per heavy atom. The monoisotopic (exact) mass is 274 g/mol. The fraction of sp³-hybridized carbons (Fsp3) is 0.462. The number of carbonyl (C=O) groups is 1. The van der Waals surface area contributed by atoms with Gasteiger partial charge in [-0.1, -0.05) is 0 Å². The molecule has 2 bridgehead atoms. The van der Waals surface area contributed by atoms with Gasteiger partial charge in [-0.05, 0) is 18.9 Å². The number of hydrogen-bond acceptors (Lipinski definition) is 5. The van der Waals surface area contributed by atoms with Crippen LogP contribution in [0.2, 0.25) is 0 Å². The van der Waals surface area contributed by atoms with Crippen molar-refractivity contribution in [1.29, 1.82) is 0 Å². The maximum Gasteiger partial charge on any atom is 0.341 e. The number of carboxylic acids is 1. The van der Waals surface area contributed by atoms with Gasteiger partial charge in [0, 0.05) is 19.3 Å². The molecule has 20 heavy (non-hydrogen) atoms. The van der Waals surface area contributed by atoms with Gasteiger partial charge < -0.3 is 14.7 Å². The van der Waals surface area contributed by atoms with Gasteiger partial charge >= 0.3 is 5.97 Å². The Morgan fingerprint density at radius 2 is 2.10 bits per heavy atom. The van der Waals surface area contributed by atoms with Crippen LogP contribution in [0.3, 0.4) is 0 Å². The molecule has 0 spiro atoms. The zero-order valence-electron chi connectivity index (χ0n) is 10.8. The summed E-state index contributed by atoms with van der Waals surface area (Å²) in [5, 5.41) is 13.1. The van der Waals surface area contributed by atoms with Crippen molar-refractivity contribution in [3.8, 4) is 0 Å². The predicted octanol–water partition coefficient (Wildman–Crippen LogP) is 0.795. The van der Waals surface area contributed by atoms with Gasteiger partial charge in [-0.3, -0.25) is 0 Å². The fourth-order valence-corrected chi connectivity index (χ4v) is 2.99. The Hall–Kier alpha value is -2.15. The van der Waals surface area contributed by atoms with Gasteiger partial charge in [0.25, 0.3) is 0 Å². The number of hydrogen-bond donors (Lipinski definition) is 1. The van der Waals surface area contributed by atoms with E-state index in [0.717, 1.165) is 31.7 Å². The van der Waals surface area contributed by atoms with Crippen LogP contribution in [-0.4, -0.2) is 51.0 Å². The highest BCUT2D eigenvalue weighted by atomic mass is 16.5. The number of anilines is 1. The van der Waals surface area contributed by atoms with Crippen molar-refractivity contribution in [3.05, 3.63) is 24.0 Å². The molecule has 4 heterocycles. The third kappa shape index (κ3) is 1.74. The van der Waals surface area contributed by atoms with Crippen LogP contribution in [0.1, 0.15) is 23.2 Å². The maximum absolute atomic E-state index is 11.2. The van der Waals surface area contributed by atoms with Crippen LogP contribution in [0.4, 0.5) is 5.82 Å². The molecule has 7 heteroatoms. The van der Waals surface area contributed by atoms with E-state index in [1.807, 2.05) is 6.07 Å². The summed E-state index contributed by atoms with van der Waals surface area (Å²) in [5.41, 5.74) is 0.511. The first kappa shape index (κ1) is 11.7. The molecule has 0 radical (unpaired) electrons. The molecule has 1 N–H and O–H groups in total. The molecular formula is C13H14N4O3. The highest BCUT2D eigenvalue weighted by molar-refractivity contribution is 5.94. The number of aromatic nitrogens is 3. The van der Waals surface area contributed by atoms with E-state index in [1.54, 1.807) is 6.20 Å². The van der Waals surface area contributed by atoms with Crippen molar-refractivity contribution < 1.29 is 14.6 Å². The number of rotatable bonds is 2. The van der Waals surface area contributed by atoms with E-state index >= 15 is 0 Å². The standard InChI is InChI=1S/C13H14N4O3/c18-13(19)10-5-14-17-4-3-11(15-12(10)17)16-6-8-1-2-9(7-16)20-8/h3-5,8-9H,1-2,6-7H2,(H,18,19)/t8-,9?/m1/s1. The van der Waals surface area contributed by atoms with Crippen LogP contribution < -0.4 is 4.90 Å². The molecular weight excluding hydrogens is 260 g/mol. The van der Waals surface area contributed by atoms with Crippen molar-refractivity contribution in [2.45, 2.75) is 25.0 Å². The average Bonchev–Trinajstić information content (AvgIpc) is 3.01. The second-order valence-corrected chi connectivity index (χ2v) is 5.28. The Morgan fingerprint density at radius 1 is 1.35 bits per heavy atom. The molecule has 2 aliphatic heterocycles. The van der Waals surface area contributed by atoms with E-state index in [-0.39, 0.29) is 17.8 Å². The second-order valence-electron chi connectivity index (χ2n) is 5.28. The molecule has 2 atom stereocenters. The van der Waals surface area contributed by atoms with Crippen LogP contribution >= 0.6 is 0 Å². The van der Waals surface area contributed by atoms with E-state index in [0.29, 0.717) is 5.65 Å². The van der Waals surface area contributed by atoms with Crippen molar-refractivity contribution in [3.63, 3.8) is 0 Å². The molecule has 2 saturated heterocycles. The fourth-order valence-electron chi connectivity index (χ4n) is 2.99. The molecule has 0 saturated carbocycles. The zero-order valence-corrected chi connectivity index (χ0v) is 10.8. The molecule has 2 fully saturated rings. The summed E-state index contributed by atoms with van der Waals surface area (Å²) in [6.45, 7) is 1.63. The normalized spacial score (nSPS) is 25.3. The van der Waals surface area contributed by atoms with Gasteiger partial charge in [0.1, 0.15) is 11.4 Å². The largest absolute Gasteiger partial charge is 0.477 e. The van der Waals surface area contributed by atoms with Gasteiger partial charge in [-0.15, -0.1) is 0 Å². The third-order valence-electron chi connectivity index (χ3n) is 3.95. The molecule has 104 valence electrons. The molecule has 2 aromatic heterocycles. The second kappa shape index (κ2) is 4.17. The first-order chi connectivity index (χ1) is 9.70. The first-order valence-corrected chi connectivity index (χ1v) is 6.69.